The van der Waals surface area contributed by atoms with Crippen LogP contribution in [0.2, 0.25) is 23.7 Å². The van der Waals surface area contributed by atoms with Gasteiger partial charge in [-0.3, -0.25) is 0 Å². The third-order valence-corrected chi connectivity index (χ3v) is 12.7. The molecule has 1 heterocycles. The Morgan fingerprint density at radius 2 is 1.86 bits per heavy atom. The summed E-state index contributed by atoms with van der Waals surface area (Å²) in [7, 11) is -1.26. The van der Waals surface area contributed by atoms with Gasteiger partial charge in [-0.2, -0.15) is 0 Å². The van der Waals surface area contributed by atoms with E-state index in [0.717, 1.165) is 16.2 Å². The predicted molar refractivity (Wildman–Crippen MR) is 114 cm³/mol. The fourth-order valence-electron chi connectivity index (χ4n) is 3.47. The maximum Gasteiger partial charge on any atom is 0.0901 e. The number of allylic oxidation sites excluding steroid dienone is 3. The standard InChI is InChI=1S/C18H30INSSi/c1-7-22(8-2,9-3)18(11-10-15(5)19)14(4)12-17-13-21-16(6)20-17/h10,12-13,18H,7-9,11H2,1-6H3/b14-12+,15-10-/t18-/m0/s1. The van der Waals surface area contributed by atoms with Crippen LogP contribution in [0, 0.1) is 6.92 Å². The van der Waals surface area contributed by atoms with Gasteiger partial charge in [0.25, 0.3) is 0 Å². The summed E-state index contributed by atoms with van der Waals surface area (Å²) in [6, 6.07) is 4.13. The molecule has 0 aliphatic rings. The largest absolute Gasteiger partial charge is 0.242 e. The molecule has 0 unspecified atom stereocenters. The first-order chi connectivity index (χ1) is 10.4. The Morgan fingerprint density at radius 1 is 1.27 bits per heavy atom. The van der Waals surface area contributed by atoms with Gasteiger partial charge in [-0.05, 0) is 65.0 Å². The summed E-state index contributed by atoms with van der Waals surface area (Å²) >= 11 is 4.18. The van der Waals surface area contributed by atoms with E-state index in [-0.39, 0.29) is 0 Å². The van der Waals surface area contributed by atoms with Crippen molar-refractivity contribution in [2.45, 2.75) is 71.6 Å². The van der Waals surface area contributed by atoms with Crippen LogP contribution < -0.4 is 0 Å². The third-order valence-electron chi connectivity index (χ3n) is 5.05. The Balaban J connectivity index is 3.18. The zero-order chi connectivity index (χ0) is 16.8. The molecule has 1 aromatic heterocycles. The first-order valence-electron chi connectivity index (χ1n) is 8.31. The van der Waals surface area contributed by atoms with E-state index in [1.807, 2.05) is 0 Å². The van der Waals surface area contributed by atoms with Gasteiger partial charge < -0.3 is 0 Å². The van der Waals surface area contributed by atoms with Crippen LogP contribution in [0.1, 0.15) is 51.7 Å². The number of nitrogens with zero attached hydrogens (tertiary/aromatic N) is 1. The summed E-state index contributed by atoms with van der Waals surface area (Å²) in [5.74, 6) is 0. The Labute approximate surface area is 155 Å². The lowest BCUT2D eigenvalue weighted by atomic mass is 10.1. The normalized spacial score (nSPS) is 15.2. The highest BCUT2D eigenvalue weighted by Gasteiger charge is 2.36. The number of hydrogen-bond acceptors (Lipinski definition) is 2. The molecule has 1 atom stereocenters. The molecule has 0 N–H and O–H groups in total. The van der Waals surface area contributed by atoms with Crippen molar-refractivity contribution in [2.75, 3.05) is 0 Å². The van der Waals surface area contributed by atoms with Gasteiger partial charge in [0.1, 0.15) is 0 Å². The van der Waals surface area contributed by atoms with E-state index in [0.29, 0.717) is 0 Å². The fourth-order valence-corrected chi connectivity index (χ4v) is 8.94. The van der Waals surface area contributed by atoms with Crippen molar-refractivity contribution in [3.63, 3.8) is 0 Å². The zero-order valence-corrected chi connectivity index (χ0v) is 18.8. The minimum absolute atomic E-state index is 0.735. The molecule has 1 rings (SSSR count). The Morgan fingerprint density at radius 3 is 2.27 bits per heavy atom. The summed E-state index contributed by atoms with van der Waals surface area (Å²) in [6.07, 6.45) is 5.97. The number of hydrogen-bond donors (Lipinski definition) is 0. The summed E-state index contributed by atoms with van der Waals surface area (Å²) < 4.78 is 1.41. The van der Waals surface area contributed by atoms with Gasteiger partial charge in [-0.15, -0.1) is 11.3 Å². The molecule has 124 valence electrons. The quantitative estimate of drug-likeness (QED) is 0.298. The molecule has 0 fully saturated rings. The van der Waals surface area contributed by atoms with Crippen molar-refractivity contribution in [1.29, 1.82) is 0 Å². The van der Waals surface area contributed by atoms with Crippen molar-refractivity contribution in [3.05, 3.63) is 31.3 Å². The van der Waals surface area contributed by atoms with Gasteiger partial charge in [0.2, 0.25) is 0 Å². The smallest absolute Gasteiger partial charge is 0.0901 e. The van der Waals surface area contributed by atoms with Crippen LogP contribution in [0.3, 0.4) is 0 Å². The fraction of sp³-hybridized carbons (Fsp3) is 0.611. The van der Waals surface area contributed by atoms with E-state index in [2.05, 4.69) is 86.6 Å². The van der Waals surface area contributed by atoms with E-state index >= 15 is 0 Å². The monoisotopic (exact) mass is 447 g/mol. The Bertz CT molecular complexity index is 517. The number of aromatic nitrogens is 1. The second-order valence-electron chi connectivity index (χ2n) is 6.18. The topological polar surface area (TPSA) is 12.9 Å². The molecule has 22 heavy (non-hydrogen) atoms. The number of halogens is 1. The molecule has 0 aliphatic heterocycles. The lowest BCUT2D eigenvalue weighted by molar-refractivity contribution is 0.886. The molecule has 0 amide bonds. The SMILES string of the molecule is CC[Si](CC)(CC)[C@@H](C/C=C(/C)I)/C(C)=C/c1csc(C)n1. The molecule has 1 aromatic rings. The van der Waals surface area contributed by atoms with Crippen LogP contribution in [0.15, 0.2) is 20.6 Å². The van der Waals surface area contributed by atoms with E-state index in [9.17, 15) is 0 Å². The molecule has 0 radical (unpaired) electrons. The maximum absolute atomic E-state index is 4.63. The van der Waals surface area contributed by atoms with Crippen LogP contribution >= 0.6 is 33.9 Å². The van der Waals surface area contributed by atoms with Crippen molar-refractivity contribution >= 4 is 48.1 Å². The maximum atomic E-state index is 4.63. The number of rotatable bonds is 8. The van der Waals surface area contributed by atoms with Crippen molar-refractivity contribution in [2.24, 2.45) is 0 Å². The second-order valence-corrected chi connectivity index (χ2v) is 14.5. The third kappa shape index (κ3) is 5.30. The highest BCUT2D eigenvalue weighted by molar-refractivity contribution is 14.1. The van der Waals surface area contributed by atoms with Gasteiger partial charge in [-0.25, -0.2) is 4.98 Å². The molecule has 4 heteroatoms. The van der Waals surface area contributed by atoms with E-state index < -0.39 is 8.07 Å². The molecular formula is C18H30INSSi. The molecule has 0 saturated carbocycles. The van der Waals surface area contributed by atoms with Crippen molar-refractivity contribution < 1.29 is 0 Å². The highest BCUT2D eigenvalue weighted by Crippen LogP contribution is 2.42. The van der Waals surface area contributed by atoms with Crippen LogP contribution in [-0.2, 0) is 0 Å². The van der Waals surface area contributed by atoms with Crippen molar-refractivity contribution in [1.82, 2.24) is 4.98 Å². The van der Waals surface area contributed by atoms with Crippen LogP contribution in [0.25, 0.3) is 6.08 Å². The number of aryl methyl sites for hydroxylation is 1. The molecule has 0 saturated heterocycles. The highest BCUT2D eigenvalue weighted by atomic mass is 127. The summed E-state index contributed by atoms with van der Waals surface area (Å²) in [5.41, 5.74) is 3.42. The van der Waals surface area contributed by atoms with Gasteiger partial charge in [0.05, 0.1) is 18.8 Å². The molecule has 0 bridgehead atoms. The second kappa shape index (κ2) is 9.38. The summed E-state index contributed by atoms with van der Waals surface area (Å²) in [4.78, 5) is 4.63. The number of thiazole rings is 1. The van der Waals surface area contributed by atoms with E-state index in [1.54, 1.807) is 11.3 Å². The summed E-state index contributed by atoms with van der Waals surface area (Å²) in [6.45, 7) is 13.8. The average Bonchev–Trinajstić information content (AvgIpc) is 2.88. The van der Waals surface area contributed by atoms with Gasteiger partial charge in [0, 0.05) is 5.38 Å². The van der Waals surface area contributed by atoms with Crippen molar-refractivity contribution in [3.8, 4) is 0 Å². The lowest BCUT2D eigenvalue weighted by Crippen LogP contribution is -2.38. The van der Waals surface area contributed by atoms with Gasteiger partial charge >= 0.3 is 0 Å². The van der Waals surface area contributed by atoms with Crippen LogP contribution in [0.4, 0.5) is 0 Å². The van der Waals surface area contributed by atoms with Crippen LogP contribution in [-0.4, -0.2) is 13.1 Å². The Kier molecular flexibility index (Phi) is 8.57. The average molecular weight is 448 g/mol. The Hall–Kier alpha value is 0.0569. The summed E-state index contributed by atoms with van der Waals surface area (Å²) in [5, 5.41) is 3.34. The van der Waals surface area contributed by atoms with E-state index in [1.165, 1.54) is 33.7 Å². The first kappa shape index (κ1) is 20.1. The van der Waals surface area contributed by atoms with E-state index in [4.69, 9.17) is 0 Å². The molecule has 0 aliphatic carbocycles. The zero-order valence-electron chi connectivity index (χ0n) is 14.9. The van der Waals surface area contributed by atoms with Gasteiger partial charge in [-0.1, -0.05) is 50.6 Å². The molecule has 1 nitrogen and oxygen atoms in total. The van der Waals surface area contributed by atoms with Crippen LogP contribution in [0.5, 0.6) is 0 Å². The molecule has 0 aromatic carbocycles. The lowest BCUT2D eigenvalue weighted by Gasteiger charge is -2.37. The molecular weight excluding hydrogens is 417 g/mol. The first-order valence-corrected chi connectivity index (χ1v) is 13.0. The minimum Gasteiger partial charge on any atom is -0.242 e. The molecule has 0 spiro atoms. The minimum atomic E-state index is -1.26. The van der Waals surface area contributed by atoms with Gasteiger partial charge in [0.15, 0.2) is 0 Å². The predicted octanol–water partition coefficient (Wildman–Crippen LogP) is 7.46.